The van der Waals surface area contributed by atoms with Gasteiger partial charge in [0.25, 0.3) is 11.5 Å². The minimum absolute atomic E-state index is 0.0425. The van der Waals surface area contributed by atoms with Crippen molar-refractivity contribution in [2.24, 2.45) is 0 Å². The molecule has 0 radical (unpaired) electrons. The molecular formula is C22H18F5N3O4. The van der Waals surface area contributed by atoms with Gasteiger partial charge in [-0.25, -0.2) is 8.78 Å². The number of carbonyl (C=O) groups is 1. The van der Waals surface area contributed by atoms with E-state index >= 15 is 0 Å². The van der Waals surface area contributed by atoms with E-state index in [9.17, 15) is 36.6 Å². The Bertz CT molecular complexity index is 1240. The molecule has 3 rings (SSSR count). The normalized spacial score (nSPS) is 13.3. The molecular weight excluding hydrogens is 465 g/mol. The molecule has 3 aromatic rings. The molecule has 0 aliphatic heterocycles. The number of nitrogens with one attached hydrogen (secondary N) is 1. The van der Waals surface area contributed by atoms with Crippen molar-refractivity contribution in [3.8, 4) is 5.75 Å². The largest absolute Gasteiger partial charge is 0.573 e. The second-order valence-corrected chi connectivity index (χ2v) is 7.27. The number of alkyl halides is 3. The Kier molecular flexibility index (Phi) is 7.30. The molecule has 0 aliphatic rings. The maximum atomic E-state index is 14.5. The number of aromatic nitrogens is 2. The molecule has 0 saturated carbocycles. The van der Waals surface area contributed by atoms with Crippen molar-refractivity contribution in [2.45, 2.75) is 32.0 Å². The molecule has 0 unspecified atom stereocenters. The first kappa shape index (κ1) is 24.8. The average molecular weight is 483 g/mol. The van der Waals surface area contributed by atoms with Gasteiger partial charge in [-0.3, -0.25) is 14.6 Å². The molecule has 7 nitrogen and oxygen atoms in total. The van der Waals surface area contributed by atoms with E-state index in [2.05, 4.69) is 15.0 Å². The second-order valence-electron chi connectivity index (χ2n) is 7.27. The molecule has 2 atom stereocenters. The van der Waals surface area contributed by atoms with E-state index in [0.717, 1.165) is 22.8 Å². The molecule has 0 fully saturated rings. The lowest BCUT2D eigenvalue weighted by Gasteiger charge is -2.20. The van der Waals surface area contributed by atoms with Crippen LogP contribution in [-0.2, 0) is 6.54 Å². The van der Waals surface area contributed by atoms with E-state index in [4.69, 9.17) is 0 Å². The van der Waals surface area contributed by atoms with Crippen LogP contribution in [0.4, 0.5) is 22.0 Å². The third-order valence-corrected chi connectivity index (χ3v) is 4.56. The van der Waals surface area contributed by atoms with Crippen molar-refractivity contribution in [1.82, 2.24) is 14.9 Å². The zero-order valence-corrected chi connectivity index (χ0v) is 17.5. The quantitative estimate of drug-likeness (QED) is 0.503. The maximum absolute atomic E-state index is 14.5. The van der Waals surface area contributed by atoms with Gasteiger partial charge in [0.2, 0.25) is 0 Å². The zero-order chi connectivity index (χ0) is 25.0. The van der Waals surface area contributed by atoms with Crippen LogP contribution in [0.2, 0.25) is 0 Å². The molecule has 180 valence electrons. The van der Waals surface area contributed by atoms with Gasteiger partial charge >= 0.3 is 6.36 Å². The molecule has 2 aromatic heterocycles. The third-order valence-electron chi connectivity index (χ3n) is 4.56. The summed E-state index contributed by atoms with van der Waals surface area (Å²) in [6, 6.07) is 5.60. The van der Waals surface area contributed by atoms with Crippen molar-refractivity contribution in [2.75, 3.05) is 0 Å². The van der Waals surface area contributed by atoms with Crippen LogP contribution in [0.3, 0.4) is 0 Å². The number of aliphatic hydroxyl groups is 1. The van der Waals surface area contributed by atoms with E-state index in [1.165, 1.54) is 31.5 Å². The van der Waals surface area contributed by atoms with Crippen LogP contribution in [-0.4, -0.2) is 33.0 Å². The van der Waals surface area contributed by atoms with Gasteiger partial charge in [-0.1, -0.05) is 6.07 Å². The predicted octanol–water partition coefficient (Wildman–Crippen LogP) is 3.32. The Balaban J connectivity index is 1.99. The number of benzene rings is 1. The minimum Gasteiger partial charge on any atom is -0.403 e. The molecule has 2 N–H and O–H groups in total. The van der Waals surface area contributed by atoms with Crippen molar-refractivity contribution in [3.63, 3.8) is 0 Å². The van der Waals surface area contributed by atoms with Crippen LogP contribution < -0.4 is 15.6 Å². The molecule has 1 aromatic carbocycles. The number of pyridine rings is 2. The summed E-state index contributed by atoms with van der Waals surface area (Å²) < 4.78 is 70.9. The molecule has 0 bridgehead atoms. The van der Waals surface area contributed by atoms with Gasteiger partial charge in [0.15, 0.2) is 11.6 Å². The van der Waals surface area contributed by atoms with Gasteiger partial charge < -0.3 is 19.7 Å². The van der Waals surface area contributed by atoms with Crippen molar-refractivity contribution in [3.05, 3.63) is 93.7 Å². The summed E-state index contributed by atoms with van der Waals surface area (Å²) in [4.78, 5) is 28.7. The summed E-state index contributed by atoms with van der Waals surface area (Å²) in [6.07, 6.45) is -3.61. The van der Waals surface area contributed by atoms with Gasteiger partial charge in [0.1, 0.15) is 11.5 Å². The van der Waals surface area contributed by atoms with Crippen LogP contribution in [0, 0.1) is 11.6 Å². The highest BCUT2D eigenvalue weighted by Gasteiger charge is 2.33. The van der Waals surface area contributed by atoms with Crippen LogP contribution in [0.15, 0.2) is 59.7 Å². The average Bonchev–Trinajstić information content (AvgIpc) is 2.74. The van der Waals surface area contributed by atoms with Gasteiger partial charge in [-0.15, -0.1) is 13.2 Å². The number of ether oxygens (including phenoxy) is 1. The molecule has 0 aliphatic carbocycles. The van der Waals surface area contributed by atoms with Crippen molar-refractivity contribution < 1.29 is 36.6 Å². The lowest BCUT2D eigenvalue weighted by molar-refractivity contribution is -0.275. The number of hydrogen-bond acceptors (Lipinski definition) is 5. The van der Waals surface area contributed by atoms with Crippen molar-refractivity contribution in [1.29, 1.82) is 0 Å². The Morgan fingerprint density at radius 1 is 1.18 bits per heavy atom. The lowest BCUT2D eigenvalue weighted by atomic mass is 10.0. The smallest absolute Gasteiger partial charge is 0.403 e. The van der Waals surface area contributed by atoms with E-state index in [1.807, 2.05) is 0 Å². The highest BCUT2D eigenvalue weighted by molar-refractivity contribution is 5.94. The summed E-state index contributed by atoms with van der Waals surface area (Å²) in [6.45, 7) is 1.35. The Morgan fingerprint density at radius 3 is 2.53 bits per heavy atom. The number of rotatable bonds is 7. The van der Waals surface area contributed by atoms with E-state index in [0.29, 0.717) is 12.1 Å². The summed E-state index contributed by atoms with van der Waals surface area (Å²) >= 11 is 0. The van der Waals surface area contributed by atoms with E-state index in [1.54, 1.807) is 0 Å². The molecule has 12 heteroatoms. The first-order chi connectivity index (χ1) is 15.9. The minimum atomic E-state index is -5.13. The van der Waals surface area contributed by atoms with Gasteiger partial charge in [0.05, 0.1) is 24.3 Å². The fourth-order valence-electron chi connectivity index (χ4n) is 3.13. The highest BCUT2D eigenvalue weighted by Crippen LogP contribution is 2.30. The fourth-order valence-corrected chi connectivity index (χ4v) is 3.13. The van der Waals surface area contributed by atoms with Crippen LogP contribution in [0.25, 0.3) is 0 Å². The Morgan fingerprint density at radius 2 is 1.91 bits per heavy atom. The summed E-state index contributed by atoms with van der Waals surface area (Å²) in [5, 5.41) is 12.0. The lowest BCUT2D eigenvalue weighted by Crippen LogP contribution is -2.32. The van der Waals surface area contributed by atoms with E-state index < -0.39 is 47.4 Å². The number of aliphatic hydroxyl groups excluding tert-OH is 1. The second kappa shape index (κ2) is 10.00. The number of halogens is 5. The molecule has 2 heterocycles. The van der Waals surface area contributed by atoms with Crippen LogP contribution in [0.1, 0.15) is 34.6 Å². The summed E-state index contributed by atoms with van der Waals surface area (Å²) in [5.41, 5.74) is -0.960. The first-order valence-corrected chi connectivity index (χ1v) is 9.79. The Labute approximate surface area is 189 Å². The van der Waals surface area contributed by atoms with Gasteiger partial charge in [0, 0.05) is 18.5 Å². The standard InChI is InChI=1S/C22H18F5N3O4/c1-12(31)10-30-11-14(5-7-18(30)32)21(33)29-19(20-15(23)3-2-8-28-20)13-4-6-17(16(24)9-13)34-22(25,26)27/h2-9,11-12,19,31H,10H2,1H3,(H,29,33)/t12-,19-/m0/s1. The summed E-state index contributed by atoms with van der Waals surface area (Å²) in [5.74, 6) is -4.17. The van der Waals surface area contributed by atoms with Gasteiger partial charge in [-0.2, -0.15) is 0 Å². The van der Waals surface area contributed by atoms with Gasteiger partial charge in [-0.05, 0) is 42.8 Å². The molecule has 0 saturated heterocycles. The van der Waals surface area contributed by atoms with Crippen LogP contribution in [0.5, 0.6) is 5.75 Å². The topological polar surface area (TPSA) is 93.5 Å². The predicted molar refractivity (Wildman–Crippen MR) is 109 cm³/mol. The molecule has 34 heavy (non-hydrogen) atoms. The monoisotopic (exact) mass is 483 g/mol. The maximum Gasteiger partial charge on any atom is 0.573 e. The van der Waals surface area contributed by atoms with Crippen LogP contribution >= 0.6 is 0 Å². The molecule has 0 spiro atoms. The first-order valence-electron chi connectivity index (χ1n) is 9.79. The highest BCUT2D eigenvalue weighted by atomic mass is 19.4. The van der Waals surface area contributed by atoms with Crippen molar-refractivity contribution >= 4 is 5.91 Å². The summed E-state index contributed by atoms with van der Waals surface area (Å²) in [7, 11) is 0. The number of hydrogen-bond donors (Lipinski definition) is 2. The number of nitrogens with zero attached hydrogens (tertiary/aromatic N) is 2. The third kappa shape index (κ3) is 6.16. The number of amides is 1. The molecule has 1 amide bonds. The fraction of sp³-hybridized carbons (Fsp3) is 0.227. The number of carbonyl (C=O) groups excluding carboxylic acids is 1. The zero-order valence-electron chi connectivity index (χ0n) is 17.5. The van der Waals surface area contributed by atoms with E-state index in [-0.39, 0.29) is 23.4 Å². The SMILES string of the molecule is C[C@H](O)Cn1cc(C(=O)N[C@@H](c2ccc(OC(F)(F)F)c(F)c2)c2ncccc2F)ccc1=O. The Hall–Kier alpha value is -3.80.